The number of nitrogens with one attached hydrogen (secondary N) is 2. The Morgan fingerprint density at radius 3 is 2.88 bits per heavy atom. The fourth-order valence-corrected chi connectivity index (χ4v) is 5.77. The van der Waals surface area contributed by atoms with Crippen molar-refractivity contribution >= 4 is 39.2 Å². The predicted octanol–water partition coefficient (Wildman–Crippen LogP) is 3.73. The average molecular weight is 473 g/mol. The maximum Gasteiger partial charge on any atom is 0.261 e. The molecule has 0 aliphatic carbocycles. The molecule has 170 valence electrons. The van der Waals surface area contributed by atoms with Crippen molar-refractivity contribution in [3.05, 3.63) is 56.4 Å². The number of amides is 1. The number of rotatable bonds is 8. The molecule has 1 atom stereocenters. The number of H-pyrrole nitrogens is 1. The number of aromatic nitrogens is 2. The summed E-state index contributed by atoms with van der Waals surface area (Å²) >= 11 is 2.88. The number of hydrogen-bond acceptors (Lipinski definition) is 7. The quantitative estimate of drug-likeness (QED) is 0.519. The Labute approximate surface area is 195 Å². The van der Waals surface area contributed by atoms with Crippen LogP contribution in [0.1, 0.15) is 45.5 Å². The maximum absolute atomic E-state index is 13.1. The first-order valence-corrected chi connectivity index (χ1v) is 12.9. The zero-order valence-electron chi connectivity index (χ0n) is 18.6. The summed E-state index contributed by atoms with van der Waals surface area (Å²) in [5.74, 6) is 1.91. The number of benzene rings is 1. The van der Waals surface area contributed by atoms with Crippen LogP contribution in [0, 0.1) is 6.92 Å². The van der Waals surface area contributed by atoms with Crippen molar-refractivity contribution in [2.75, 3.05) is 33.0 Å². The summed E-state index contributed by atoms with van der Waals surface area (Å²) in [5, 5.41) is 3.63. The van der Waals surface area contributed by atoms with Crippen molar-refractivity contribution in [1.82, 2.24) is 20.2 Å². The topological polar surface area (TPSA) is 87.3 Å². The Bertz CT molecular complexity index is 1170. The van der Waals surface area contributed by atoms with E-state index in [1.54, 1.807) is 18.9 Å². The molecule has 9 heteroatoms. The highest BCUT2D eigenvalue weighted by Crippen LogP contribution is 2.29. The van der Waals surface area contributed by atoms with Gasteiger partial charge in [0.25, 0.3) is 11.5 Å². The lowest BCUT2D eigenvalue weighted by Gasteiger charge is -2.28. The Hall–Kier alpha value is -2.36. The van der Waals surface area contributed by atoms with E-state index >= 15 is 0 Å². The molecule has 1 aliphatic heterocycles. The summed E-state index contributed by atoms with van der Waals surface area (Å²) in [6.07, 6.45) is 4.29. The molecule has 2 aromatic heterocycles. The molecule has 2 N–H and O–H groups in total. The molecule has 3 heterocycles. The minimum absolute atomic E-state index is 0.0703. The molecular formula is C23H28N4O3S2. The van der Waals surface area contributed by atoms with Gasteiger partial charge < -0.3 is 15.0 Å². The van der Waals surface area contributed by atoms with Gasteiger partial charge in [0.1, 0.15) is 16.4 Å². The van der Waals surface area contributed by atoms with Gasteiger partial charge in [0, 0.05) is 6.54 Å². The van der Waals surface area contributed by atoms with E-state index in [-0.39, 0.29) is 17.5 Å². The van der Waals surface area contributed by atoms with Crippen LogP contribution in [0.2, 0.25) is 0 Å². The lowest BCUT2D eigenvalue weighted by Crippen LogP contribution is -2.36. The van der Waals surface area contributed by atoms with Crippen LogP contribution in [0.15, 0.2) is 29.1 Å². The van der Waals surface area contributed by atoms with Crippen molar-refractivity contribution in [1.29, 1.82) is 0 Å². The predicted molar refractivity (Wildman–Crippen MR) is 131 cm³/mol. The standard InChI is InChI=1S/C23H28N4O3S2/c1-14-19-21(28)25-18(13-31-3)26-23(19)32-20(14)22(29)24-12-17(27-9-4-5-10-27)15-7-6-8-16(11-15)30-2/h6-8,11,17H,4-5,9-10,12-13H2,1-3H3,(H,24,29)(H,25,26,28)/t17-/m1/s1. The molecule has 0 saturated carbocycles. The summed E-state index contributed by atoms with van der Waals surface area (Å²) in [6.45, 7) is 4.33. The van der Waals surface area contributed by atoms with Gasteiger partial charge in [-0.2, -0.15) is 11.8 Å². The van der Waals surface area contributed by atoms with Crippen LogP contribution in [0.3, 0.4) is 0 Å². The number of aromatic amines is 1. The van der Waals surface area contributed by atoms with Crippen molar-refractivity contribution < 1.29 is 9.53 Å². The molecule has 1 amide bonds. The number of aryl methyl sites for hydroxylation is 1. The number of methoxy groups -OCH3 is 1. The van der Waals surface area contributed by atoms with Crippen LogP contribution < -0.4 is 15.6 Å². The van der Waals surface area contributed by atoms with E-state index in [0.29, 0.717) is 38.8 Å². The van der Waals surface area contributed by atoms with E-state index < -0.39 is 0 Å². The van der Waals surface area contributed by atoms with Gasteiger partial charge in [-0.3, -0.25) is 14.5 Å². The minimum atomic E-state index is -0.182. The van der Waals surface area contributed by atoms with E-state index in [1.165, 1.54) is 11.3 Å². The largest absolute Gasteiger partial charge is 0.497 e. The third-order valence-corrected chi connectivity index (χ3v) is 7.60. The monoisotopic (exact) mass is 472 g/mol. The molecule has 7 nitrogen and oxygen atoms in total. The van der Waals surface area contributed by atoms with Crippen molar-refractivity contribution in [3.63, 3.8) is 0 Å². The average Bonchev–Trinajstić information content (AvgIpc) is 3.43. The first kappa shape index (κ1) is 22.8. The summed E-state index contributed by atoms with van der Waals surface area (Å²) in [7, 11) is 1.66. The molecule has 4 rings (SSSR count). The lowest BCUT2D eigenvalue weighted by atomic mass is 10.0. The van der Waals surface area contributed by atoms with Crippen LogP contribution in [0.25, 0.3) is 10.2 Å². The highest BCUT2D eigenvalue weighted by atomic mass is 32.2. The molecule has 1 saturated heterocycles. The molecule has 0 unspecified atom stereocenters. The number of fused-ring (bicyclic) bond motifs is 1. The highest BCUT2D eigenvalue weighted by Gasteiger charge is 2.26. The van der Waals surface area contributed by atoms with Gasteiger partial charge in [-0.05, 0) is 62.4 Å². The zero-order valence-corrected chi connectivity index (χ0v) is 20.2. The van der Waals surface area contributed by atoms with Gasteiger partial charge in [-0.25, -0.2) is 4.98 Å². The molecule has 32 heavy (non-hydrogen) atoms. The number of nitrogens with zero attached hydrogens (tertiary/aromatic N) is 2. The third-order valence-electron chi connectivity index (χ3n) is 5.85. The third kappa shape index (κ3) is 4.69. The first-order valence-electron chi connectivity index (χ1n) is 10.7. The van der Waals surface area contributed by atoms with Crippen molar-refractivity contribution in [2.45, 2.75) is 31.6 Å². The van der Waals surface area contributed by atoms with Gasteiger partial charge in [0.05, 0.1) is 29.2 Å². The SMILES string of the molecule is COc1cccc([C@@H](CNC(=O)c2sc3nc(CSC)[nH]c(=O)c3c2C)N2CCCC2)c1. The Morgan fingerprint density at radius 2 is 2.16 bits per heavy atom. The molecule has 0 radical (unpaired) electrons. The molecule has 0 bridgehead atoms. The van der Waals surface area contributed by atoms with E-state index in [9.17, 15) is 9.59 Å². The van der Waals surface area contributed by atoms with Gasteiger partial charge in [0.15, 0.2) is 0 Å². The smallest absolute Gasteiger partial charge is 0.261 e. The van der Waals surface area contributed by atoms with Crippen LogP contribution in [0.5, 0.6) is 5.75 Å². The molecule has 3 aromatic rings. The minimum Gasteiger partial charge on any atom is -0.497 e. The van der Waals surface area contributed by atoms with Crippen LogP contribution in [-0.2, 0) is 5.75 Å². The Balaban J connectivity index is 1.58. The van der Waals surface area contributed by atoms with Crippen LogP contribution >= 0.6 is 23.1 Å². The Kier molecular flexibility index (Phi) is 7.17. The zero-order chi connectivity index (χ0) is 22.7. The van der Waals surface area contributed by atoms with E-state index in [2.05, 4.69) is 26.3 Å². The summed E-state index contributed by atoms with van der Waals surface area (Å²) < 4.78 is 5.40. The van der Waals surface area contributed by atoms with Crippen molar-refractivity contribution in [2.24, 2.45) is 0 Å². The van der Waals surface area contributed by atoms with Gasteiger partial charge in [-0.1, -0.05) is 12.1 Å². The molecule has 1 aliphatic rings. The summed E-state index contributed by atoms with van der Waals surface area (Å²) in [5.41, 5.74) is 1.63. The second-order valence-electron chi connectivity index (χ2n) is 7.93. The number of thiophene rings is 1. The number of carbonyl (C=O) groups excluding carboxylic acids is 1. The van der Waals surface area contributed by atoms with Crippen LogP contribution in [-0.4, -0.2) is 53.8 Å². The molecular weight excluding hydrogens is 444 g/mol. The Morgan fingerprint density at radius 1 is 1.38 bits per heavy atom. The van der Waals surface area contributed by atoms with Crippen molar-refractivity contribution in [3.8, 4) is 5.75 Å². The second kappa shape index (κ2) is 10.1. The number of likely N-dealkylation sites (tertiary alicyclic amines) is 1. The number of thioether (sulfide) groups is 1. The van der Waals surface area contributed by atoms with Gasteiger partial charge in [-0.15, -0.1) is 11.3 Å². The first-order chi connectivity index (χ1) is 15.5. The normalized spacial score (nSPS) is 15.2. The van der Waals surface area contributed by atoms with E-state index in [1.807, 2.05) is 31.4 Å². The number of carbonyl (C=O) groups is 1. The second-order valence-corrected chi connectivity index (χ2v) is 9.79. The number of ether oxygens (including phenoxy) is 1. The van der Waals surface area contributed by atoms with Gasteiger partial charge in [0.2, 0.25) is 0 Å². The molecule has 0 spiro atoms. The molecule has 1 fully saturated rings. The van der Waals surface area contributed by atoms with E-state index in [4.69, 9.17) is 4.74 Å². The summed E-state index contributed by atoms with van der Waals surface area (Å²) in [6, 6.07) is 8.11. The maximum atomic E-state index is 13.1. The van der Waals surface area contributed by atoms with E-state index in [0.717, 1.165) is 37.2 Å². The molecule has 1 aromatic carbocycles. The van der Waals surface area contributed by atoms with Gasteiger partial charge >= 0.3 is 0 Å². The number of hydrogen-bond donors (Lipinski definition) is 2. The highest BCUT2D eigenvalue weighted by molar-refractivity contribution is 7.97. The summed E-state index contributed by atoms with van der Waals surface area (Å²) in [4.78, 5) is 36.7. The fourth-order valence-electron chi connectivity index (χ4n) is 4.24. The lowest BCUT2D eigenvalue weighted by molar-refractivity contribution is 0.0941. The fraction of sp³-hybridized carbons (Fsp3) is 0.435. The van der Waals surface area contributed by atoms with Crippen LogP contribution in [0.4, 0.5) is 0 Å².